The predicted molar refractivity (Wildman–Crippen MR) is 73.2 cm³/mol. The third-order valence-corrected chi connectivity index (χ3v) is 3.88. The number of nitrogens with zero attached hydrogens (tertiary/aromatic N) is 2. The number of aryl methyl sites for hydroxylation is 2. The standard InChI is InChI=1S/C13H21BrN2O/c1-4-7-11(17)8-6-9-12-13(14)10(3)15-16(12)5-2/h4-9H2,1-3H3. The molecule has 1 aromatic rings. The summed E-state index contributed by atoms with van der Waals surface area (Å²) in [5, 5.41) is 4.45. The monoisotopic (exact) mass is 300 g/mol. The van der Waals surface area contributed by atoms with E-state index in [0.29, 0.717) is 18.6 Å². The molecule has 0 N–H and O–H groups in total. The van der Waals surface area contributed by atoms with Crippen LogP contribution in [0.15, 0.2) is 4.47 Å². The Bertz CT molecular complexity index is 385. The summed E-state index contributed by atoms with van der Waals surface area (Å²) in [4.78, 5) is 11.4. The molecule has 0 fully saturated rings. The summed E-state index contributed by atoms with van der Waals surface area (Å²) in [6.07, 6.45) is 4.20. The minimum atomic E-state index is 0.378. The SMILES string of the molecule is CCCC(=O)CCCc1c(Br)c(C)nn1CC. The second kappa shape index (κ2) is 6.94. The van der Waals surface area contributed by atoms with Crippen LogP contribution in [-0.2, 0) is 17.8 Å². The molecule has 0 saturated heterocycles. The van der Waals surface area contributed by atoms with Crippen LogP contribution in [-0.4, -0.2) is 15.6 Å². The zero-order valence-corrected chi connectivity index (χ0v) is 12.5. The number of hydrogen-bond donors (Lipinski definition) is 0. The molecule has 96 valence electrons. The van der Waals surface area contributed by atoms with Gasteiger partial charge in [0.1, 0.15) is 5.78 Å². The van der Waals surface area contributed by atoms with E-state index in [4.69, 9.17) is 0 Å². The number of rotatable bonds is 7. The van der Waals surface area contributed by atoms with E-state index in [1.165, 1.54) is 5.69 Å². The molecule has 3 nitrogen and oxygen atoms in total. The lowest BCUT2D eigenvalue weighted by Crippen LogP contribution is -2.04. The van der Waals surface area contributed by atoms with Crippen molar-refractivity contribution in [1.82, 2.24) is 9.78 Å². The number of aromatic nitrogens is 2. The van der Waals surface area contributed by atoms with E-state index in [2.05, 4.69) is 28.0 Å². The van der Waals surface area contributed by atoms with E-state index >= 15 is 0 Å². The molecule has 0 atom stereocenters. The molecule has 0 unspecified atom stereocenters. The normalized spacial score (nSPS) is 10.8. The van der Waals surface area contributed by atoms with Crippen molar-refractivity contribution < 1.29 is 4.79 Å². The smallest absolute Gasteiger partial charge is 0.132 e. The Labute approximate surface area is 112 Å². The van der Waals surface area contributed by atoms with Crippen molar-refractivity contribution >= 4 is 21.7 Å². The van der Waals surface area contributed by atoms with Crippen molar-refractivity contribution in [2.45, 2.75) is 59.4 Å². The molecule has 0 aliphatic heterocycles. The van der Waals surface area contributed by atoms with Crippen LogP contribution in [0.25, 0.3) is 0 Å². The fourth-order valence-electron chi connectivity index (χ4n) is 1.96. The van der Waals surface area contributed by atoms with Gasteiger partial charge in [0.15, 0.2) is 0 Å². The zero-order valence-electron chi connectivity index (χ0n) is 10.9. The highest BCUT2D eigenvalue weighted by molar-refractivity contribution is 9.10. The molecule has 4 heteroatoms. The second-order valence-electron chi connectivity index (χ2n) is 4.30. The van der Waals surface area contributed by atoms with Gasteiger partial charge in [-0.2, -0.15) is 5.10 Å². The van der Waals surface area contributed by atoms with E-state index in [1.807, 2.05) is 18.5 Å². The molecule has 1 aromatic heterocycles. The Hall–Kier alpha value is -0.640. The zero-order chi connectivity index (χ0) is 12.8. The molecule has 0 radical (unpaired) electrons. The maximum absolute atomic E-state index is 11.4. The summed E-state index contributed by atoms with van der Waals surface area (Å²) in [6, 6.07) is 0. The van der Waals surface area contributed by atoms with Crippen molar-refractivity contribution in [3.05, 3.63) is 15.9 Å². The maximum Gasteiger partial charge on any atom is 0.132 e. The lowest BCUT2D eigenvalue weighted by molar-refractivity contribution is -0.119. The molecule has 1 rings (SSSR count). The topological polar surface area (TPSA) is 34.9 Å². The Kier molecular flexibility index (Phi) is 5.89. The highest BCUT2D eigenvalue weighted by Gasteiger charge is 2.12. The van der Waals surface area contributed by atoms with Crippen LogP contribution < -0.4 is 0 Å². The third kappa shape index (κ3) is 3.95. The molecule has 0 amide bonds. The fraction of sp³-hybridized carbons (Fsp3) is 0.692. The van der Waals surface area contributed by atoms with Crippen LogP contribution in [0.2, 0.25) is 0 Å². The number of Topliss-reactive ketones (excluding diaryl/α,β-unsaturated/α-hetero) is 1. The van der Waals surface area contributed by atoms with E-state index in [0.717, 1.165) is 36.0 Å². The molecule has 0 saturated carbocycles. The highest BCUT2D eigenvalue weighted by Crippen LogP contribution is 2.22. The Morgan fingerprint density at radius 3 is 2.65 bits per heavy atom. The lowest BCUT2D eigenvalue weighted by atomic mass is 10.1. The second-order valence-corrected chi connectivity index (χ2v) is 5.10. The van der Waals surface area contributed by atoms with Crippen LogP contribution in [0.4, 0.5) is 0 Å². The first kappa shape index (κ1) is 14.4. The van der Waals surface area contributed by atoms with Crippen molar-refractivity contribution in [1.29, 1.82) is 0 Å². The quantitative estimate of drug-likeness (QED) is 0.770. The molecule has 0 bridgehead atoms. The number of ketones is 1. The number of halogens is 1. The Morgan fingerprint density at radius 2 is 2.06 bits per heavy atom. The molecule has 17 heavy (non-hydrogen) atoms. The van der Waals surface area contributed by atoms with Gasteiger partial charge < -0.3 is 0 Å². The van der Waals surface area contributed by atoms with E-state index in [1.54, 1.807) is 0 Å². The minimum Gasteiger partial charge on any atom is -0.300 e. The number of hydrogen-bond acceptors (Lipinski definition) is 2. The molecular formula is C13H21BrN2O. The number of carbonyl (C=O) groups is 1. The minimum absolute atomic E-state index is 0.378. The largest absolute Gasteiger partial charge is 0.300 e. The van der Waals surface area contributed by atoms with Gasteiger partial charge in [-0.1, -0.05) is 6.92 Å². The highest BCUT2D eigenvalue weighted by atomic mass is 79.9. The maximum atomic E-state index is 11.4. The van der Waals surface area contributed by atoms with Gasteiger partial charge in [-0.3, -0.25) is 9.48 Å². The van der Waals surface area contributed by atoms with Crippen molar-refractivity contribution in [2.24, 2.45) is 0 Å². The first-order valence-electron chi connectivity index (χ1n) is 6.33. The summed E-state index contributed by atoms with van der Waals surface area (Å²) >= 11 is 3.57. The van der Waals surface area contributed by atoms with E-state index in [-0.39, 0.29) is 0 Å². The number of carbonyl (C=O) groups excluding carboxylic acids is 1. The predicted octanol–water partition coefficient (Wildman–Crippen LogP) is 3.67. The van der Waals surface area contributed by atoms with Crippen molar-refractivity contribution in [2.75, 3.05) is 0 Å². The van der Waals surface area contributed by atoms with Crippen molar-refractivity contribution in [3.8, 4) is 0 Å². The Balaban J connectivity index is 2.54. The summed E-state index contributed by atoms with van der Waals surface area (Å²) < 4.78 is 3.12. The van der Waals surface area contributed by atoms with Gasteiger partial charge in [0.25, 0.3) is 0 Å². The van der Waals surface area contributed by atoms with Crippen LogP contribution >= 0.6 is 15.9 Å². The Morgan fingerprint density at radius 1 is 1.35 bits per heavy atom. The molecule has 0 spiro atoms. The van der Waals surface area contributed by atoms with Gasteiger partial charge in [-0.15, -0.1) is 0 Å². The van der Waals surface area contributed by atoms with Gasteiger partial charge in [0.05, 0.1) is 15.9 Å². The third-order valence-electron chi connectivity index (χ3n) is 2.85. The average Bonchev–Trinajstić information content (AvgIpc) is 2.57. The molecular weight excluding hydrogens is 280 g/mol. The first-order valence-corrected chi connectivity index (χ1v) is 7.12. The summed E-state index contributed by atoms with van der Waals surface area (Å²) in [5.74, 6) is 0.378. The van der Waals surface area contributed by atoms with Crippen LogP contribution in [0.1, 0.15) is 50.9 Å². The van der Waals surface area contributed by atoms with Crippen LogP contribution in [0.3, 0.4) is 0 Å². The summed E-state index contributed by atoms with van der Waals surface area (Å²) in [5.41, 5.74) is 2.25. The van der Waals surface area contributed by atoms with E-state index in [9.17, 15) is 4.79 Å². The van der Waals surface area contributed by atoms with Crippen LogP contribution in [0, 0.1) is 6.92 Å². The average molecular weight is 301 g/mol. The van der Waals surface area contributed by atoms with Crippen LogP contribution in [0.5, 0.6) is 0 Å². The van der Waals surface area contributed by atoms with Gasteiger partial charge in [-0.25, -0.2) is 0 Å². The molecule has 0 aromatic carbocycles. The lowest BCUT2D eigenvalue weighted by Gasteiger charge is -2.05. The van der Waals surface area contributed by atoms with Gasteiger partial charge in [-0.05, 0) is 49.0 Å². The molecule has 0 aliphatic carbocycles. The van der Waals surface area contributed by atoms with Gasteiger partial charge in [0, 0.05) is 19.4 Å². The van der Waals surface area contributed by atoms with Gasteiger partial charge >= 0.3 is 0 Å². The summed E-state index contributed by atoms with van der Waals surface area (Å²) in [7, 11) is 0. The molecule has 0 aliphatic rings. The first-order chi connectivity index (χ1) is 8.10. The van der Waals surface area contributed by atoms with Gasteiger partial charge in [0.2, 0.25) is 0 Å². The van der Waals surface area contributed by atoms with E-state index < -0.39 is 0 Å². The molecule has 1 heterocycles. The fourth-order valence-corrected chi connectivity index (χ4v) is 2.45. The summed E-state index contributed by atoms with van der Waals surface area (Å²) in [6.45, 7) is 7.02. The van der Waals surface area contributed by atoms with Crippen molar-refractivity contribution in [3.63, 3.8) is 0 Å².